The molecule has 0 aromatic carbocycles. The number of rotatable bonds is 8. The molecule has 148 valence electrons. The fraction of sp³-hybridized carbons (Fsp3) is 0.444. The van der Waals surface area contributed by atoms with E-state index in [1.807, 2.05) is 26.0 Å². The highest BCUT2D eigenvalue weighted by Crippen LogP contribution is 2.29. The van der Waals surface area contributed by atoms with Crippen molar-refractivity contribution in [2.24, 2.45) is 5.92 Å². The Morgan fingerprint density at radius 3 is 2.57 bits per heavy atom. The van der Waals surface area contributed by atoms with E-state index in [1.165, 1.54) is 23.1 Å². The third kappa shape index (κ3) is 4.93. The fourth-order valence-corrected chi connectivity index (χ4v) is 4.16. The van der Waals surface area contributed by atoms with E-state index in [1.54, 1.807) is 12.4 Å². The quantitative estimate of drug-likeness (QED) is 0.558. The molecule has 1 amide bonds. The van der Waals surface area contributed by atoms with Crippen molar-refractivity contribution in [2.45, 2.75) is 51.1 Å². The summed E-state index contributed by atoms with van der Waals surface area (Å²) in [5, 5.41) is 21.3. The van der Waals surface area contributed by atoms with Gasteiger partial charge in [-0.2, -0.15) is 0 Å². The number of carbonyl (C=O) groups excluding carboxylic acids is 1. The first kappa shape index (κ1) is 20.4. The number of amides is 1. The fourth-order valence-electron chi connectivity index (χ4n) is 2.60. The normalized spacial score (nSPS) is 12.3. The highest BCUT2D eigenvalue weighted by molar-refractivity contribution is 8.00. The molecule has 8 nitrogen and oxygen atoms in total. The van der Waals surface area contributed by atoms with E-state index >= 15 is 0 Å². The zero-order valence-corrected chi connectivity index (χ0v) is 17.9. The number of aromatic nitrogens is 6. The lowest BCUT2D eigenvalue weighted by Crippen LogP contribution is -2.25. The minimum absolute atomic E-state index is 0.104. The van der Waals surface area contributed by atoms with Crippen molar-refractivity contribution >= 4 is 34.1 Å². The Bertz CT molecular complexity index is 923. The smallest absolute Gasteiger partial charge is 0.239 e. The van der Waals surface area contributed by atoms with Crippen LogP contribution in [0.25, 0.3) is 11.4 Å². The first-order valence-corrected chi connectivity index (χ1v) is 10.8. The van der Waals surface area contributed by atoms with Crippen LogP contribution in [0.2, 0.25) is 0 Å². The Balaban J connectivity index is 1.83. The zero-order valence-electron chi connectivity index (χ0n) is 16.3. The molecular formula is C18H23N7OS2. The van der Waals surface area contributed by atoms with E-state index in [4.69, 9.17) is 0 Å². The van der Waals surface area contributed by atoms with Gasteiger partial charge in [0.2, 0.25) is 11.0 Å². The maximum Gasteiger partial charge on any atom is 0.239 e. The zero-order chi connectivity index (χ0) is 20.1. The van der Waals surface area contributed by atoms with Crippen molar-refractivity contribution in [1.29, 1.82) is 0 Å². The average molecular weight is 418 g/mol. The van der Waals surface area contributed by atoms with Gasteiger partial charge in [-0.1, -0.05) is 43.9 Å². The summed E-state index contributed by atoms with van der Waals surface area (Å²) in [6, 6.07) is 3.83. The topological polar surface area (TPSA) is 98.5 Å². The number of carbonyl (C=O) groups is 1. The molecule has 0 saturated heterocycles. The van der Waals surface area contributed by atoms with Gasteiger partial charge in [0.25, 0.3) is 0 Å². The Labute approximate surface area is 172 Å². The van der Waals surface area contributed by atoms with Crippen LogP contribution in [0.3, 0.4) is 0 Å². The van der Waals surface area contributed by atoms with Gasteiger partial charge in [-0.3, -0.25) is 15.1 Å². The van der Waals surface area contributed by atoms with Gasteiger partial charge in [0.15, 0.2) is 11.0 Å². The van der Waals surface area contributed by atoms with Crippen molar-refractivity contribution in [2.75, 3.05) is 5.32 Å². The van der Waals surface area contributed by atoms with Gasteiger partial charge in [0.05, 0.1) is 5.25 Å². The molecule has 10 heteroatoms. The maximum atomic E-state index is 12.7. The van der Waals surface area contributed by atoms with Crippen LogP contribution in [-0.2, 0) is 11.3 Å². The van der Waals surface area contributed by atoms with Crippen molar-refractivity contribution in [1.82, 2.24) is 29.9 Å². The molecule has 3 rings (SSSR count). The summed E-state index contributed by atoms with van der Waals surface area (Å²) < 4.78 is 2.08. The van der Waals surface area contributed by atoms with Crippen LogP contribution >= 0.6 is 23.1 Å². The molecule has 0 aliphatic rings. The molecule has 0 spiro atoms. The van der Waals surface area contributed by atoms with Crippen LogP contribution in [-0.4, -0.2) is 41.1 Å². The summed E-state index contributed by atoms with van der Waals surface area (Å²) in [6.07, 6.45) is 4.14. The first-order valence-electron chi connectivity index (χ1n) is 9.09. The van der Waals surface area contributed by atoms with Crippen LogP contribution in [0.15, 0.2) is 29.7 Å². The third-order valence-corrected chi connectivity index (χ3v) is 5.97. The van der Waals surface area contributed by atoms with Crippen molar-refractivity contribution in [3.05, 3.63) is 29.5 Å². The van der Waals surface area contributed by atoms with E-state index in [-0.39, 0.29) is 11.2 Å². The highest BCUT2D eigenvalue weighted by atomic mass is 32.2. The summed E-state index contributed by atoms with van der Waals surface area (Å²) in [5.74, 6) is 1.09. The summed E-state index contributed by atoms with van der Waals surface area (Å²) in [7, 11) is 0. The van der Waals surface area contributed by atoms with E-state index < -0.39 is 0 Å². The van der Waals surface area contributed by atoms with Gasteiger partial charge in [-0.25, -0.2) is 0 Å². The molecular weight excluding hydrogens is 394 g/mol. The standard InChI is InChI=1S/C18H23N7OS2/c1-5-14(16(26)20-17-23-21-12(4)27-17)28-18-24-22-15(25(18)10-11(2)3)13-6-8-19-9-7-13/h6-9,11,14H,5,10H2,1-4H3,(H,20,23,26)/t14-/m0/s1. The molecule has 1 atom stereocenters. The number of thioether (sulfide) groups is 1. The molecule has 0 saturated carbocycles. The predicted molar refractivity (Wildman–Crippen MR) is 111 cm³/mol. The molecule has 0 bridgehead atoms. The Morgan fingerprint density at radius 2 is 1.96 bits per heavy atom. The summed E-state index contributed by atoms with van der Waals surface area (Å²) in [6.45, 7) is 8.89. The average Bonchev–Trinajstić information content (AvgIpc) is 3.26. The number of aryl methyl sites for hydroxylation is 1. The number of anilines is 1. The minimum atomic E-state index is -0.301. The van der Waals surface area contributed by atoms with E-state index in [0.717, 1.165) is 28.1 Å². The second-order valence-corrected chi connectivity index (χ2v) is 9.03. The van der Waals surface area contributed by atoms with Gasteiger partial charge in [0.1, 0.15) is 5.01 Å². The number of nitrogens with zero attached hydrogens (tertiary/aromatic N) is 6. The van der Waals surface area contributed by atoms with Crippen LogP contribution in [0, 0.1) is 12.8 Å². The van der Waals surface area contributed by atoms with Gasteiger partial charge >= 0.3 is 0 Å². The first-order chi connectivity index (χ1) is 13.5. The second kappa shape index (κ2) is 9.24. The number of pyridine rings is 1. The highest BCUT2D eigenvalue weighted by Gasteiger charge is 2.24. The van der Waals surface area contributed by atoms with E-state index in [0.29, 0.717) is 17.5 Å². The SMILES string of the molecule is CC[C@H](Sc1nnc(-c2ccncc2)n1CC(C)C)C(=O)Nc1nnc(C)s1. The molecule has 28 heavy (non-hydrogen) atoms. The van der Waals surface area contributed by atoms with Gasteiger partial charge in [0, 0.05) is 24.5 Å². The van der Waals surface area contributed by atoms with Crippen LogP contribution < -0.4 is 5.32 Å². The molecule has 0 unspecified atom stereocenters. The van der Waals surface area contributed by atoms with Gasteiger partial charge in [-0.05, 0) is 31.4 Å². The predicted octanol–water partition coefficient (Wildman–Crippen LogP) is 3.67. The molecule has 3 aromatic rings. The largest absolute Gasteiger partial charge is 0.302 e. The Kier molecular flexibility index (Phi) is 6.74. The number of hydrogen-bond donors (Lipinski definition) is 1. The molecule has 0 aliphatic heterocycles. The third-order valence-electron chi connectivity index (χ3n) is 3.87. The van der Waals surface area contributed by atoms with Crippen LogP contribution in [0.5, 0.6) is 0 Å². The lowest BCUT2D eigenvalue weighted by molar-refractivity contribution is -0.115. The minimum Gasteiger partial charge on any atom is -0.302 e. The lowest BCUT2D eigenvalue weighted by Gasteiger charge is -2.16. The molecule has 1 N–H and O–H groups in total. The van der Waals surface area contributed by atoms with Gasteiger partial charge in [-0.15, -0.1) is 20.4 Å². The van der Waals surface area contributed by atoms with E-state index in [2.05, 4.69) is 49.1 Å². The molecule has 0 radical (unpaired) electrons. The monoisotopic (exact) mass is 417 g/mol. The van der Waals surface area contributed by atoms with E-state index in [9.17, 15) is 4.79 Å². The van der Waals surface area contributed by atoms with Crippen LogP contribution in [0.4, 0.5) is 5.13 Å². The second-order valence-electron chi connectivity index (χ2n) is 6.68. The maximum absolute atomic E-state index is 12.7. The summed E-state index contributed by atoms with van der Waals surface area (Å²) in [5.41, 5.74) is 0.955. The Hall–Kier alpha value is -2.33. The molecule has 0 fully saturated rings. The van der Waals surface area contributed by atoms with Crippen molar-refractivity contribution in [3.63, 3.8) is 0 Å². The van der Waals surface area contributed by atoms with Gasteiger partial charge < -0.3 is 4.57 Å². The molecule has 0 aliphatic carbocycles. The number of hydrogen-bond acceptors (Lipinski definition) is 8. The summed E-state index contributed by atoms with van der Waals surface area (Å²) >= 11 is 2.79. The lowest BCUT2D eigenvalue weighted by atomic mass is 10.2. The molecule has 3 heterocycles. The summed E-state index contributed by atoms with van der Waals surface area (Å²) in [4.78, 5) is 16.8. The Morgan fingerprint density at radius 1 is 1.21 bits per heavy atom. The molecule has 3 aromatic heterocycles. The number of nitrogens with one attached hydrogen (secondary N) is 1. The van der Waals surface area contributed by atoms with Crippen molar-refractivity contribution in [3.8, 4) is 11.4 Å². The van der Waals surface area contributed by atoms with Crippen molar-refractivity contribution < 1.29 is 4.79 Å². The van der Waals surface area contributed by atoms with Crippen LogP contribution in [0.1, 0.15) is 32.2 Å².